The zero-order valence-corrected chi connectivity index (χ0v) is 17.1. The molecule has 8 nitrogen and oxygen atoms in total. The summed E-state index contributed by atoms with van der Waals surface area (Å²) in [5.41, 5.74) is 7.67. The van der Waals surface area contributed by atoms with E-state index in [4.69, 9.17) is 37.0 Å². The average Bonchev–Trinajstić information content (AvgIpc) is 2.73. The summed E-state index contributed by atoms with van der Waals surface area (Å²) in [5, 5.41) is 38.2. The van der Waals surface area contributed by atoms with E-state index in [0.29, 0.717) is 22.8 Å². The number of hydrogen-bond acceptors (Lipinski definition) is 7. The number of benzene rings is 2. The lowest BCUT2D eigenvalue weighted by molar-refractivity contribution is -0.292. The number of hydrogen-bond donors (Lipinski definition) is 5. The van der Waals surface area contributed by atoms with Gasteiger partial charge in [0, 0.05) is 12.1 Å². The first-order chi connectivity index (χ1) is 14.3. The molecule has 0 radical (unpaired) electrons. The Morgan fingerprint density at radius 1 is 1.10 bits per heavy atom. The third kappa shape index (κ3) is 5.10. The number of methoxy groups -OCH3 is 1. The number of aliphatic hydroxyl groups is 3. The van der Waals surface area contributed by atoms with Gasteiger partial charge in [-0.3, -0.25) is 5.41 Å². The summed E-state index contributed by atoms with van der Waals surface area (Å²) in [6.45, 7) is 0.0277. The lowest BCUT2D eigenvalue weighted by Gasteiger charge is -2.40. The molecule has 5 atom stereocenters. The van der Waals surface area contributed by atoms with E-state index < -0.39 is 30.7 Å². The van der Waals surface area contributed by atoms with Crippen molar-refractivity contribution in [3.63, 3.8) is 0 Å². The molecule has 1 saturated heterocycles. The van der Waals surface area contributed by atoms with E-state index in [0.717, 1.165) is 11.1 Å². The number of nitrogens with two attached hydrogens (primary N) is 1. The summed E-state index contributed by atoms with van der Waals surface area (Å²) < 4.78 is 16.1. The second-order valence-corrected chi connectivity index (χ2v) is 7.53. The predicted molar refractivity (Wildman–Crippen MR) is 111 cm³/mol. The van der Waals surface area contributed by atoms with Gasteiger partial charge < -0.3 is 35.3 Å². The third-order valence-corrected chi connectivity index (χ3v) is 5.28. The molecule has 1 heterocycles. The highest BCUT2D eigenvalue weighted by Crippen LogP contribution is 2.34. The van der Waals surface area contributed by atoms with E-state index in [1.165, 1.54) is 7.11 Å². The highest BCUT2D eigenvalue weighted by atomic mass is 35.5. The Hall–Kier alpha value is -2.20. The van der Waals surface area contributed by atoms with Crippen LogP contribution in [0.25, 0.3) is 0 Å². The monoisotopic (exact) mass is 436 g/mol. The Morgan fingerprint density at radius 3 is 2.43 bits per heavy atom. The van der Waals surface area contributed by atoms with Crippen LogP contribution >= 0.6 is 11.6 Å². The number of nitrogens with one attached hydrogen (secondary N) is 1. The van der Waals surface area contributed by atoms with Crippen molar-refractivity contribution in [2.24, 2.45) is 5.73 Å². The fourth-order valence-electron chi connectivity index (χ4n) is 3.31. The van der Waals surface area contributed by atoms with Crippen LogP contribution in [0.2, 0.25) is 5.02 Å². The van der Waals surface area contributed by atoms with Crippen molar-refractivity contribution >= 4 is 17.4 Å². The molecule has 9 heteroatoms. The molecule has 2 aromatic carbocycles. The number of aliphatic hydroxyl groups excluding tert-OH is 3. The molecule has 3 rings (SSSR count). The maximum Gasteiger partial charge on any atom is 0.186 e. The highest BCUT2D eigenvalue weighted by Gasteiger charge is 2.44. The SMILES string of the molecule is CO[C@H]1O[C@@H](c2ccc(Cl)c(Cc3ccc(OCC(=N)N)cc3)c2)[C@H](O)[C@@H](O)[C@@H]1O. The summed E-state index contributed by atoms with van der Waals surface area (Å²) in [6, 6.07) is 12.5. The Bertz CT molecular complexity index is 876. The van der Waals surface area contributed by atoms with Crippen molar-refractivity contribution in [1.29, 1.82) is 5.41 Å². The molecule has 6 N–H and O–H groups in total. The first kappa shape index (κ1) is 22.5. The van der Waals surface area contributed by atoms with Gasteiger partial charge in [0.05, 0.1) is 0 Å². The van der Waals surface area contributed by atoms with Crippen LogP contribution in [0.3, 0.4) is 0 Å². The second kappa shape index (κ2) is 9.74. The zero-order chi connectivity index (χ0) is 21.8. The Kier molecular flexibility index (Phi) is 7.30. The molecule has 1 aliphatic heterocycles. The van der Waals surface area contributed by atoms with Crippen molar-refractivity contribution in [2.45, 2.75) is 37.1 Å². The van der Waals surface area contributed by atoms with Gasteiger partial charge in [-0.1, -0.05) is 35.9 Å². The summed E-state index contributed by atoms with van der Waals surface area (Å²) in [5.74, 6) is 0.550. The lowest BCUT2D eigenvalue weighted by Crippen LogP contribution is -2.54. The van der Waals surface area contributed by atoms with E-state index in [1.54, 1.807) is 30.3 Å². The highest BCUT2D eigenvalue weighted by molar-refractivity contribution is 6.31. The van der Waals surface area contributed by atoms with Gasteiger partial charge in [-0.2, -0.15) is 0 Å². The zero-order valence-electron chi connectivity index (χ0n) is 16.4. The maximum absolute atomic E-state index is 10.4. The van der Waals surface area contributed by atoms with Gasteiger partial charge in [0.2, 0.25) is 0 Å². The summed E-state index contributed by atoms with van der Waals surface area (Å²) in [4.78, 5) is 0. The van der Waals surface area contributed by atoms with E-state index in [9.17, 15) is 15.3 Å². The standard InChI is InChI=1S/C21H25ClN2O6/c1-28-21-19(27)17(25)18(26)20(30-21)12-4-7-15(22)13(9-12)8-11-2-5-14(6-3-11)29-10-16(23)24/h2-7,9,17-21,25-27H,8,10H2,1H3,(H3,23,24)/t17-,18-,19+,20+,21+/m1/s1. The maximum atomic E-state index is 10.4. The molecule has 30 heavy (non-hydrogen) atoms. The van der Waals surface area contributed by atoms with Gasteiger partial charge >= 0.3 is 0 Å². The molecule has 2 aromatic rings. The number of halogens is 1. The fraction of sp³-hybridized carbons (Fsp3) is 0.381. The minimum Gasteiger partial charge on any atom is -0.486 e. The Labute approximate surface area is 179 Å². The van der Waals surface area contributed by atoms with Gasteiger partial charge in [0.25, 0.3) is 0 Å². The predicted octanol–water partition coefficient (Wildman–Crippen LogP) is 1.37. The molecule has 0 saturated carbocycles. The molecule has 0 amide bonds. The van der Waals surface area contributed by atoms with Gasteiger partial charge in [0.15, 0.2) is 6.29 Å². The molecule has 0 unspecified atom stereocenters. The van der Waals surface area contributed by atoms with Crippen molar-refractivity contribution in [2.75, 3.05) is 13.7 Å². The summed E-state index contributed by atoms with van der Waals surface area (Å²) in [6.07, 6.45) is -5.51. The van der Waals surface area contributed by atoms with Crippen LogP contribution in [-0.2, 0) is 15.9 Å². The minimum atomic E-state index is -1.41. The molecule has 0 aliphatic carbocycles. The average molecular weight is 437 g/mol. The van der Waals surface area contributed by atoms with Crippen molar-refractivity contribution in [1.82, 2.24) is 0 Å². The second-order valence-electron chi connectivity index (χ2n) is 7.12. The molecule has 0 aromatic heterocycles. The first-order valence-corrected chi connectivity index (χ1v) is 9.73. The number of rotatable bonds is 7. The molecule has 1 aliphatic rings. The molecular weight excluding hydrogens is 412 g/mol. The van der Waals surface area contributed by atoms with Gasteiger partial charge in [-0.25, -0.2) is 0 Å². The lowest BCUT2D eigenvalue weighted by atomic mass is 9.92. The van der Waals surface area contributed by atoms with Crippen LogP contribution < -0.4 is 10.5 Å². The fourth-order valence-corrected chi connectivity index (χ4v) is 3.49. The van der Waals surface area contributed by atoms with Crippen molar-refractivity contribution in [3.8, 4) is 5.75 Å². The third-order valence-electron chi connectivity index (χ3n) is 4.91. The van der Waals surface area contributed by atoms with E-state index in [2.05, 4.69) is 0 Å². The minimum absolute atomic E-state index is 0.0277. The van der Waals surface area contributed by atoms with Crippen LogP contribution in [0, 0.1) is 5.41 Å². The van der Waals surface area contributed by atoms with E-state index in [-0.39, 0.29) is 12.4 Å². The van der Waals surface area contributed by atoms with Crippen molar-refractivity contribution < 1.29 is 29.5 Å². The Morgan fingerprint density at radius 2 is 1.80 bits per heavy atom. The van der Waals surface area contributed by atoms with Crippen LogP contribution in [0.4, 0.5) is 0 Å². The van der Waals surface area contributed by atoms with E-state index in [1.807, 2.05) is 12.1 Å². The quantitative estimate of drug-likeness (QED) is 0.326. The topological polar surface area (TPSA) is 138 Å². The summed E-state index contributed by atoms with van der Waals surface area (Å²) in [7, 11) is 1.35. The van der Waals surface area contributed by atoms with Crippen LogP contribution in [0.5, 0.6) is 5.75 Å². The smallest absolute Gasteiger partial charge is 0.186 e. The molecule has 0 bridgehead atoms. The first-order valence-electron chi connectivity index (χ1n) is 9.35. The molecule has 0 spiro atoms. The largest absolute Gasteiger partial charge is 0.486 e. The van der Waals surface area contributed by atoms with E-state index >= 15 is 0 Å². The molecule has 162 valence electrons. The van der Waals surface area contributed by atoms with Crippen LogP contribution in [-0.4, -0.2) is 59.5 Å². The normalized spacial score (nSPS) is 26.4. The number of amidine groups is 1. The summed E-state index contributed by atoms with van der Waals surface area (Å²) >= 11 is 6.37. The van der Waals surface area contributed by atoms with Crippen molar-refractivity contribution in [3.05, 3.63) is 64.2 Å². The van der Waals surface area contributed by atoms with Gasteiger partial charge in [-0.15, -0.1) is 0 Å². The van der Waals surface area contributed by atoms with Crippen LogP contribution in [0.15, 0.2) is 42.5 Å². The van der Waals surface area contributed by atoms with Gasteiger partial charge in [0.1, 0.15) is 42.6 Å². The van der Waals surface area contributed by atoms with Crippen LogP contribution in [0.1, 0.15) is 22.8 Å². The molecule has 1 fully saturated rings. The molecular formula is C21H25ClN2O6. The number of ether oxygens (including phenoxy) is 3. The van der Waals surface area contributed by atoms with Gasteiger partial charge in [-0.05, 0) is 41.3 Å². The Balaban J connectivity index is 1.77.